The van der Waals surface area contributed by atoms with Crippen molar-refractivity contribution in [3.05, 3.63) is 45.5 Å². The molecule has 3 N–H and O–H groups in total. The van der Waals surface area contributed by atoms with Gasteiger partial charge < -0.3 is 15.6 Å². The highest BCUT2D eigenvalue weighted by molar-refractivity contribution is 5.85. The smallest absolute Gasteiger partial charge is 0.249 e. The molecule has 2 aromatic rings. The number of nitriles is 1. The van der Waals surface area contributed by atoms with Crippen LogP contribution in [-0.2, 0) is 6.42 Å². The molecule has 0 spiro atoms. The fourth-order valence-corrected chi connectivity index (χ4v) is 3.06. The highest BCUT2D eigenvalue weighted by Gasteiger charge is 2.16. The van der Waals surface area contributed by atoms with Crippen molar-refractivity contribution in [3.63, 3.8) is 0 Å². The van der Waals surface area contributed by atoms with E-state index in [0.717, 1.165) is 32.5 Å². The number of nitrogens with two attached hydrogens (primary N) is 1. The summed E-state index contributed by atoms with van der Waals surface area (Å²) >= 11 is 0. The first-order valence-corrected chi connectivity index (χ1v) is 7.80. The predicted molar refractivity (Wildman–Crippen MR) is 86.6 cm³/mol. The van der Waals surface area contributed by atoms with E-state index in [1.54, 1.807) is 6.07 Å². The number of benzene rings is 1. The molecular weight excluding hydrogens is 295 g/mol. The maximum atomic E-state index is 14.3. The van der Waals surface area contributed by atoms with Crippen LogP contribution in [0.4, 0.5) is 4.39 Å². The molecule has 1 saturated heterocycles. The zero-order valence-electron chi connectivity index (χ0n) is 12.8. The minimum absolute atomic E-state index is 0.272. The van der Waals surface area contributed by atoms with E-state index in [4.69, 9.17) is 11.0 Å². The van der Waals surface area contributed by atoms with Gasteiger partial charge in [-0.15, -0.1) is 0 Å². The summed E-state index contributed by atoms with van der Waals surface area (Å²) in [6, 6.07) is 6.50. The van der Waals surface area contributed by atoms with E-state index in [1.807, 2.05) is 6.07 Å². The molecule has 0 amide bonds. The number of H-pyrrole nitrogens is 1. The van der Waals surface area contributed by atoms with E-state index in [-0.39, 0.29) is 17.4 Å². The van der Waals surface area contributed by atoms with Gasteiger partial charge in [0, 0.05) is 24.0 Å². The van der Waals surface area contributed by atoms with Crippen LogP contribution < -0.4 is 11.3 Å². The van der Waals surface area contributed by atoms with Gasteiger partial charge in [0.1, 0.15) is 11.9 Å². The summed E-state index contributed by atoms with van der Waals surface area (Å²) in [7, 11) is 0. The summed E-state index contributed by atoms with van der Waals surface area (Å²) in [5.41, 5.74) is 6.69. The van der Waals surface area contributed by atoms with Crippen LogP contribution in [0.1, 0.15) is 24.0 Å². The lowest BCUT2D eigenvalue weighted by molar-refractivity contribution is 0.215. The van der Waals surface area contributed by atoms with Crippen LogP contribution in [0, 0.1) is 17.1 Å². The summed E-state index contributed by atoms with van der Waals surface area (Å²) in [6.45, 7) is 2.64. The number of aromatic nitrogens is 1. The van der Waals surface area contributed by atoms with Gasteiger partial charge in [0.05, 0.1) is 11.1 Å². The molecule has 1 fully saturated rings. The Morgan fingerprint density at radius 3 is 2.78 bits per heavy atom. The number of nitrogens with zero attached hydrogens (tertiary/aromatic N) is 2. The summed E-state index contributed by atoms with van der Waals surface area (Å²) in [4.78, 5) is 16.3. The minimum Gasteiger partial charge on any atom is -0.328 e. The van der Waals surface area contributed by atoms with Gasteiger partial charge in [0.15, 0.2) is 0 Å². The number of pyridine rings is 1. The lowest BCUT2D eigenvalue weighted by Gasteiger charge is -2.30. The molecule has 0 bridgehead atoms. The standard InChI is InChI=1S/C17H19FN4O/c18-15-9-16-14(12(10-19)8-17(23)21-16)7-11(15)1-4-22-5-2-13(20)3-6-22/h7-9,13H,1-6,20H2,(H,21,23). The Kier molecular flexibility index (Phi) is 4.42. The van der Waals surface area contributed by atoms with Crippen LogP contribution in [0.5, 0.6) is 0 Å². The number of likely N-dealkylation sites (tertiary alicyclic amines) is 1. The molecule has 1 aliphatic rings. The van der Waals surface area contributed by atoms with Crippen LogP contribution in [-0.4, -0.2) is 35.6 Å². The van der Waals surface area contributed by atoms with Crippen LogP contribution in [0.25, 0.3) is 10.9 Å². The fourth-order valence-electron chi connectivity index (χ4n) is 3.06. The lowest BCUT2D eigenvalue weighted by Crippen LogP contribution is -2.40. The molecule has 6 heteroatoms. The number of aromatic amines is 1. The van der Waals surface area contributed by atoms with Gasteiger partial charge >= 0.3 is 0 Å². The van der Waals surface area contributed by atoms with Crippen molar-refractivity contribution in [1.29, 1.82) is 5.26 Å². The monoisotopic (exact) mass is 314 g/mol. The number of piperidine rings is 1. The molecule has 23 heavy (non-hydrogen) atoms. The lowest BCUT2D eigenvalue weighted by atomic mass is 10.0. The molecular formula is C17H19FN4O. The van der Waals surface area contributed by atoms with Crippen LogP contribution >= 0.6 is 0 Å². The zero-order chi connectivity index (χ0) is 16.4. The van der Waals surface area contributed by atoms with Gasteiger partial charge in [-0.25, -0.2) is 4.39 Å². The van der Waals surface area contributed by atoms with Crippen LogP contribution in [0.2, 0.25) is 0 Å². The zero-order valence-corrected chi connectivity index (χ0v) is 12.8. The Balaban J connectivity index is 1.84. The summed E-state index contributed by atoms with van der Waals surface area (Å²) in [5, 5.41) is 9.75. The average Bonchev–Trinajstić information content (AvgIpc) is 2.53. The highest BCUT2D eigenvalue weighted by atomic mass is 19.1. The second-order valence-corrected chi connectivity index (χ2v) is 6.08. The van der Waals surface area contributed by atoms with Crippen molar-refractivity contribution in [2.75, 3.05) is 19.6 Å². The molecule has 0 radical (unpaired) electrons. The van der Waals surface area contributed by atoms with E-state index in [9.17, 15) is 9.18 Å². The first-order valence-electron chi connectivity index (χ1n) is 7.80. The van der Waals surface area contributed by atoms with Gasteiger partial charge in [-0.3, -0.25) is 4.79 Å². The van der Waals surface area contributed by atoms with Gasteiger partial charge in [-0.2, -0.15) is 5.26 Å². The number of hydrogen-bond acceptors (Lipinski definition) is 4. The molecule has 0 atom stereocenters. The summed E-state index contributed by atoms with van der Waals surface area (Å²) in [5.74, 6) is -0.350. The Morgan fingerprint density at radius 2 is 2.09 bits per heavy atom. The van der Waals surface area contributed by atoms with Crippen molar-refractivity contribution in [2.24, 2.45) is 5.73 Å². The Morgan fingerprint density at radius 1 is 1.35 bits per heavy atom. The molecule has 2 heterocycles. The molecule has 120 valence electrons. The van der Waals surface area contributed by atoms with E-state index in [2.05, 4.69) is 9.88 Å². The predicted octanol–water partition coefficient (Wildman–Crippen LogP) is 1.50. The largest absolute Gasteiger partial charge is 0.328 e. The molecule has 3 rings (SSSR count). The average molecular weight is 314 g/mol. The Labute approximate surface area is 133 Å². The van der Waals surface area contributed by atoms with E-state index >= 15 is 0 Å². The van der Waals surface area contributed by atoms with Crippen molar-refractivity contribution >= 4 is 10.9 Å². The van der Waals surface area contributed by atoms with E-state index in [1.165, 1.54) is 12.1 Å². The topological polar surface area (TPSA) is 85.9 Å². The van der Waals surface area contributed by atoms with Crippen LogP contribution in [0.15, 0.2) is 23.0 Å². The number of nitrogens with one attached hydrogen (secondary N) is 1. The SMILES string of the molecule is N#Cc1cc(=O)[nH]c2cc(F)c(CCN3CCC(N)CC3)cc12. The van der Waals surface area contributed by atoms with Gasteiger partial charge in [-0.05, 0) is 50.0 Å². The normalized spacial score (nSPS) is 16.6. The highest BCUT2D eigenvalue weighted by Crippen LogP contribution is 2.21. The third kappa shape index (κ3) is 3.41. The maximum Gasteiger partial charge on any atom is 0.249 e. The third-order valence-corrected chi connectivity index (χ3v) is 4.46. The maximum absolute atomic E-state index is 14.3. The molecule has 0 saturated carbocycles. The summed E-state index contributed by atoms with van der Waals surface area (Å²) in [6.07, 6.45) is 2.51. The fraction of sp³-hybridized carbons (Fsp3) is 0.412. The minimum atomic E-state index is -0.397. The third-order valence-electron chi connectivity index (χ3n) is 4.46. The second kappa shape index (κ2) is 6.49. The molecule has 1 aromatic carbocycles. The van der Waals surface area contributed by atoms with Crippen molar-refractivity contribution in [3.8, 4) is 6.07 Å². The number of hydrogen-bond donors (Lipinski definition) is 2. The number of rotatable bonds is 3. The van der Waals surface area contributed by atoms with Crippen LogP contribution in [0.3, 0.4) is 0 Å². The van der Waals surface area contributed by atoms with E-state index < -0.39 is 5.56 Å². The van der Waals surface area contributed by atoms with Crippen molar-refractivity contribution in [1.82, 2.24) is 9.88 Å². The number of fused-ring (bicyclic) bond motifs is 1. The van der Waals surface area contributed by atoms with Crippen molar-refractivity contribution < 1.29 is 4.39 Å². The molecule has 1 aliphatic heterocycles. The molecule has 1 aromatic heterocycles. The van der Waals surface area contributed by atoms with E-state index in [0.29, 0.717) is 22.9 Å². The summed E-state index contributed by atoms with van der Waals surface area (Å²) < 4.78 is 14.3. The van der Waals surface area contributed by atoms with Gasteiger partial charge in [0.2, 0.25) is 5.56 Å². The molecule has 0 unspecified atom stereocenters. The first-order chi connectivity index (χ1) is 11.1. The first kappa shape index (κ1) is 15.7. The second-order valence-electron chi connectivity index (χ2n) is 6.08. The van der Waals surface area contributed by atoms with Gasteiger partial charge in [-0.1, -0.05) is 0 Å². The Bertz CT molecular complexity index is 816. The molecule has 5 nitrogen and oxygen atoms in total. The van der Waals surface area contributed by atoms with Gasteiger partial charge in [0.25, 0.3) is 0 Å². The van der Waals surface area contributed by atoms with Crippen molar-refractivity contribution in [2.45, 2.75) is 25.3 Å². The number of halogens is 1. The quantitative estimate of drug-likeness (QED) is 0.899. The Hall–Kier alpha value is -2.23. The molecule has 0 aliphatic carbocycles.